The van der Waals surface area contributed by atoms with Crippen LogP contribution in [0, 0.1) is 0 Å². The van der Waals surface area contributed by atoms with Gasteiger partial charge in [0.25, 0.3) is 0 Å². The van der Waals surface area contributed by atoms with Gasteiger partial charge in [-0.05, 0) is 90.3 Å². The van der Waals surface area contributed by atoms with Crippen LogP contribution in [0.2, 0.25) is 19.6 Å². The van der Waals surface area contributed by atoms with Crippen LogP contribution >= 0.6 is 0 Å². The molecule has 0 radical (unpaired) electrons. The molecule has 0 unspecified atom stereocenters. The van der Waals surface area contributed by atoms with E-state index in [0.717, 1.165) is 11.4 Å². The predicted molar refractivity (Wildman–Crippen MR) is 212 cm³/mol. The highest BCUT2D eigenvalue weighted by Gasteiger charge is 2.40. The minimum Gasteiger partial charge on any atom is -0.310 e. The summed E-state index contributed by atoms with van der Waals surface area (Å²) in [5.41, 5.74) is 9.03. The molecule has 232 valence electrons. The van der Waals surface area contributed by atoms with Crippen molar-refractivity contribution in [3.63, 3.8) is 0 Å². The summed E-state index contributed by atoms with van der Waals surface area (Å²) in [5.74, 6) is 0. The minimum atomic E-state index is -1.63. The summed E-state index contributed by atoms with van der Waals surface area (Å²) >= 11 is 0. The van der Waals surface area contributed by atoms with Gasteiger partial charge < -0.3 is 4.90 Å². The maximum atomic E-state index is 2.59. The Labute approximate surface area is 284 Å². The molecule has 0 bridgehead atoms. The topological polar surface area (TPSA) is 3.24 Å². The van der Waals surface area contributed by atoms with Gasteiger partial charge in [-0.1, -0.05) is 154 Å². The molecule has 9 rings (SSSR count). The van der Waals surface area contributed by atoms with Crippen LogP contribution in [0.1, 0.15) is 25.0 Å². The Balaban J connectivity index is 1.38. The summed E-state index contributed by atoms with van der Waals surface area (Å²) in [5, 5.41) is 11.9. The third-order valence-electron chi connectivity index (χ3n) is 10.7. The average Bonchev–Trinajstić information content (AvgIpc) is 3.33. The number of hydrogen-bond donors (Lipinski definition) is 0. The fourth-order valence-corrected chi connectivity index (χ4v) is 9.87. The van der Waals surface area contributed by atoms with Crippen LogP contribution in [0.25, 0.3) is 54.2 Å². The van der Waals surface area contributed by atoms with Crippen molar-refractivity contribution in [1.82, 2.24) is 0 Å². The van der Waals surface area contributed by atoms with Gasteiger partial charge in [0, 0.05) is 22.2 Å². The Morgan fingerprint density at radius 1 is 0.438 bits per heavy atom. The van der Waals surface area contributed by atoms with Gasteiger partial charge in [-0.2, -0.15) is 0 Å². The van der Waals surface area contributed by atoms with Crippen molar-refractivity contribution < 1.29 is 0 Å². The molecule has 0 heterocycles. The maximum Gasteiger partial charge on any atom is 0.0784 e. The fourth-order valence-electron chi connectivity index (χ4n) is 8.27. The van der Waals surface area contributed by atoms with Crippen molar-refractivity contribution in [2.45, 2.75) is 38.9 Å². The van der Waals surface area contributed by atoms with Gasteiger partial charge in [-0.3, -0.25) is 0 Å². The molecule has 0 spiro atoms. The first-order valence-electron chi connectivity index (χ1n) is 17.1. The van der Waals surface area contributed by atoms with Crippen LogP contribution < -0.4 is 10.1 Å². The highest BCUT2D eigenvalue weighted by Crippen LogP contribution is 2.56. The highest BCUT2D eigenvalue weighted by atomic mass is 28.3. The number of rotatable bonds is 4. The molecule has 0 aromatic heterocycles. The standard InChI is InChI=1S/C46H39NSi/c1-46(2)40-28-42(47(34-24-22-30-14-6-8-16-32(30)26-34)35-25-23-31-15-7-9-17-33(31)27-35)36-18-10-12-20-38(36)44(40)45-39-21-13-11-19-37(39)43(29-41(45)46)48(3,4)5/h6-29H,1-5H3. The lowest BCUT2D eigenvalue weighted by atomic mass is 9.81. The van der Waals surface area contributed by atoms with Crippen molar-refractivity contribution in [3.05, 3.63) is 157 Å². The van der Waals surface area contributed by atoms with Crippen molar-refractivity contribution in [1.29, 1.82) is 0 Å². The molecule has 0 saturated heterocycles. The lowest BCUT2D eigenvalue weighted by Crippen LogP contribution is -2.39. The molecule has 1 aliphatic carbocycles. The van der Waals surface area contributed by atoms with E-state index in [1.165, 1.54) is 71.0 Å². The van der Waals surface area contributed by atoms with E-state index in [0.29, 0.717) is 0 Å². The van der Waals surface area contributed by atoms with Gasteiger partial charge in [0.2, 0.25) is 0 Å². The van der Waals surface area contributed by atoms with Crippen molar-refractivity contribution in [2.24, 2.45) is 0 Å². The number of hydrogen-bond acceptors (Lipinski definition) is 1. The van der Waals surface area contributed by atoms with E-state index in [4.69, 9.17) is 0 Å². The molecule has 0 atom stereocenters. The van der Waals surface area contributed by atoms with Gasteiger partial charge in [0.1, 0.15) is 0 Å². The molecule has 0 fully saturated rings. The Morgan fingerprint density at radius 3 is 1.42 bits per heavy atom. The predicted octanol–water partition coefficient (Wildman–Crippen LogP) is 12.6. The molecule has 48 heavy (non-hydrogen) atoms. The lowest BCUT2D eigenvalue weighted by molar-refractivity contribution is 0.662. The quantitative estimate of drug-likeness (QED) is 0.174. The molecule has 0 N–H and O–H groups in total. The van der Waals surface area contributed by atoms with E-state index >= 15 is 0 Å². The molecule has 1 nitrogen and oxygen atoms in total. The Kier molecular flexibility index (Phi) is 6.29. The second-order valence-corrected chi connectivity index (χ2v) is 20.1. The van der Waals surface area contributed by atoms with Crippen LogP contribution in [0.15, 0.2) is 146 Å². The SMILES string of the molecule is CC1(C)c2cc(N(c3ccc4ccccc4c3)c3ccc4ccccc4c3)c3ccccc3c2-c2c1cc([Si](C)(C)C)c1ccccc21. The molecular formula is C46H39NSi. The molecule has 0 amide bonds. The monoisotopic (exact) mass is 633 g/mol. The Hall–Kier alpha value is -5.18. The van der Waals surface area contributed by atoms with Crippen LogP contribution in [-0.2, 0) is 5.41 Å². The molecule has 8 aromatic rings. The highest BCUT2D eigenvalue weighted by molar-refractivity contribution is 6.90. The van der Waals surface area contributed by atoms with Crippen molar-refractivity contribution >= 4 is 73.4 Å². The molecule has 8 aromatic carbocycles. The van der Waals surface area contributed by atoms with E-state index < -0.39 is 8.07 Å². The third kappa shape index (κ3) is 4.29. The lowest BCUT2D eigenvalue weighted by Gasteiger charge is -2.30. The molecular weight excluding hydrogens is 595 g/mol. The Morgan fingerprint density at radius 2 is 0.875 bits per heavy atom. The fraction of sp³-hybridized carbons (Fsp3) is 0.130. The van der Waals surface area contributed by atoms with Crippen molar-refractivity contribution in [2.75, 3.05) is 4.90 Å². The summed E-state index contributed by atoms with van der Waals surface area (Å²) in [7, 11) is -1.63. The van der Waals surface area contributed by atoms with Crippen molar-refractivity contribution in [3.8, 4) is 11.1 Å². The average molecular weight is 634 g/mol. The molecule has 0 aliphatic heterocycles. The number of benzene rings is 8. The summed E-state index contributed by atoms with van der Waals surface area (Å²) in [4.78, 5) is 2.49. The number of anilines is 3. The first-order valence-corrected chi connectivity index (χ1v) is 20.6. The maximum absolute atomic E-state index is 2.59. The van der Waals surface area contributed by atoms with Crippen LogP contribution in [0.5, 0.6) is 0 Å². The van der Waals surface area contributed by atoms with Crippen LogP contribution in [-0.4, -0.2) is 8.07 Å². The number of fused-ring (bicyclic) bond motifs is 9. The van der Waals surface area contributed by atoms with E-state index in [-0.39, 0.29) is 5.41 Å². The number of nitrogens with zero attached hydrogens (tertiary/aromatic N) is 1. The van der Waals surface area contributed by atoms with Gasteiger partial charge >= 0.3 is 0 Å². The summed E-state index contributed by atoms with van der Waals surface area (Å²) < 4.78 is 0. The molecule has 1 aliphatic rings. The van der Waals surface area contributed by atoms with E-state index in [1.807, 2.05) is 0 Å². The first kappa shape index (κ1) is 29.0. The van der Waals surface area contributed by atoms with Crippen LogP contribution in [0.3, 0.4) is 0 Å². The second-order valence-electron chi connectivity index (χ2n) is 15.0. The summed E-state index contributed by atoms with van der Waals surface area (Å²) in [6.07, 6.45) is 0. The zero-order chi connectivity index (χ0) is 32.8. The van der Waals surface area contributed by atoms with E-state index in [9.17, 15) is 0 Å². The molecule has 2 heteroatoms. The third-order valence-corrected chi connectivity index (χ3v) is 12.7. The first-order chi connectivity index (χ1) is 23.2. The van der Waals surface area contributed by atoms with Gasteiger partial charge in [-0.25, -0.2) is 0 Å². The zero-order valence-corrected chi connectivity index (χ0v) is 29.3. The Bertz CT molecular complexity index is 2510. The largest absolute Gasteiger partial charge is 0.310 e. The van der Waals surface area contributed by atoms with E-state index in [2.05, 4.69) is 184 Å². The summed E-state index contributed by atoms with van der Waals surface area (Å²) in [6.45, 7) is 12.3. The summed E-state index contributed by atoms with van der Waals surface area (Å²) in [6, 6.07) is 54.5. The smallest absolute Gasteiger partial charge is 0.0784 e. The van der Waals surface area contributed by atoms with E-state index in [1.54, 1.807) is 5.19 Å². The molecule has 0 saturated carbocycles. The van der Waals surface area contributed by atoms with Gasteiger partial charge in [0.05, 0.1) is 13.8 Å². The van der Waals surface area contributed by atoms with Crippen LogP contribution in [0.4, 0.5) is 17.1 Å². The van der Waals surface area contributed by atoms with Gasteiger partial charge in [0.15, 0.2) is 0 Å². The normalized spacial score (nSPS) is 13.7. The van der Waals surface area contributed by atoms with Gasteiger partial charge in [-0.15, -0.1) is 0 Å². The zero-order valence-electron chi connectivity index (χ0n) is 28.3. The second kappa shape index (κ2) is 10.4. The minimum absolute atomic E-state index is 0.166.